The standard InChI is InChI=1S/C21H23BrN2O.C14H10BrN.C7H14ClNO.Na.H/c22-19-7-8-20-18(15-19)16-21(17-5-2-1-3-6-17)24(20)10-4-9-23-11-13-25-14-12-23;15-12-6-7-13-11(8-12)9-14(16-13)10-4-2-1-3-5-10;8-2-1-3-9-4-6-10-7-5-9;;/h1-3,5-8,15-16H,4,9-14H2;1-9,16H;1-7H2;;/q;;;+1;-1. The Morgan fingerprint density at radius 3 is 1.79 bits per heavy atom. The first kappa shape index (κ1) is 41.2. The van der Waals surface area contributed by atoms with Crippen molar-refractivity contribution in [2.24, 2.45) is 0 Å². The van der Waals surface area contributed by atoms with Crippen molar-refractivity contribution in [1.82, 2.24) is 19.4 Å². The third kappa shape index (κ3) is 12.0. The van der Waals surface area contributed by atoms with Crippen molar-refractivity contribution in [2.75, 3.05) is 71.6 Å². The first-order chi connectivity index (χ1) is 25.1. The second kappa shape index (κ2) is 21.8. The minimum Gasteiger partial charge on any atom is -1.00 e. The van der Waals surface area contributed by atoms with E-state index in [1.54, 1.807) is 0 Å². The van der Waals surface area contributed by atoms with E-state index in [0.29, 0.717) is 0 Å². The van der Waals surface area contributed by atoms with Crippen LogP contribution in [-0.2, 0) is 16.0 Å². The fraction of sp³-hybridized carbons (Fsp3) is 0.333. The molecule has 8 rings (SSSR count). The summed E-state index contributed by atoms with van der Waals surface area (Å²) in [7, 11) is 0. The number of aryl methyl sites for hydroxylation is 1. The Morgan fingerprint density at radius 1 is 0.615 bits per heavy atom. The first-order valence-corrected chi connectivity index (χ1v) is 20.0. The summed E-state index contributed by atoms with van der Waals surface area (Å²) in [6.07, 6.45) is 2.25. The van der Waals surface area contributed by atoms with E-state index in [-0.39, 0.29) is 31.0 Å². The Labute approximate surface area is 353 Å². The van der Waals surface area contributed by atoms with Crippen LogP contribution in [0.1, 0.15) is 14.3 Å². The number of aromatic nitrogens is 2. The fourth-order valence-corrected chi connectivity index (χ4v) is 7.47. The first-order valence-electron chi connectivity index (χ1n) is 17.9. The molecule has 0 atom stereocenters. The van der Waals surface area contributed by atoms with Crippen molar-refractivity contribution in [3.8, 4) is 22.5 Å². The monoisotopic (exact) mass is 856 g/mol. The van der Waals surface area contributed by atoms with Crippen LogP contribution in [-0.4, -0.2) is 90.9 Å². The minimum absolute atomic E-state index is 0. The summed E-state index contributed by atoms with van der Waals surface area (Å²) in [4.78, 5) is 8.32. The summed E-state index contributed by atoms with van der Waals surface area (Å²) < 4.78 is 15.4. The number of aromatic amines is 1. The average Bonchev–Trinajstić information content (AvgIpc) is 3.77. The molecule has 10 heteroatoms. The van der Waals surface area contributed by atoms with Crippen LogP contribution >= 0.6 is 43.5 Å². The second-order valence-electron chi connectivity index (χ2n) is 12.8. The Morgan fingerprint density at radius 2 is 1.17 bits per heavy atom. The smallest absolute Gasteiger partial charge is 1.00 e. The van der Waals surface area contributed by atoms with E-state index < -0.39 is 0 Å². The van der Waals surface area contributed by atoms with Crippen LogP contribution in [0.4, 0.5) is 0 Å². The van der Waals surface area contributed by atoms with Crippen LogP contribution < -0.4 is 29.6 Å². The molecule has 0 spiro atoms. The molecule has 4 heterocycles. The van der Waals surface area contributed by atoms with Gasteiger partial charge < -0.3 is 20.5 Å². The molecule has 0 aliphatic carbocycles. The molecule has 0 unspecified atom stereocenters. The van der Waals surface area contributed by atoms with Gasteiger partial charge in [0.2, 0.25) is 0 Å². The summed E-state index contributed by atoms with van der Waals surface area (Å²) in [5.74, 6) is 0.775. The van der Waals surface area contributed by atoms with E-state index >= 15 is 0 Å². The molecule has 1 N–H and O–H groups in total. The zero-order valence-electron chi connectivity index (χ0n) is 31.1. The van der Waals surface area contributed by atoms with Crippen LogP contribution in [0.5, 0.6) is 0 Å². The molecule has 0 amide bonds. The van der Waals surface area contributed by atoms with Gasteiger partial charge in [-0.25, -0.2) is 0 Å². The van der Waals surface area contributed by atoms with E-state index in [0.717, 1.165) is 106 Å². The third-order valence-electron chi connectivity index (χ3n) is 9.27. The van der Waals surface area contributed by atoms with E-state index in [1.165, 1.54) is 38.6 Å². The maximum atomic E-state index is 5.56. The number of benzene rings is 4. The molecule has 0 radical (unpaired) electrons. The van der Waals surface area contributed by atoms with Gasteiger partial charge in [0, 0.05) is 87.3 Å². The molecule has 6 aromatic rings. The van der Waals surface area contributed by atoms with Gasteiger partial charge in [-0.3, -0.25) is 9.80 Å². The number of nitrogens with zero attached hydrogens (tertiary/aromatic N) is 3. The Kier molecular flexibility index (Phi) is 17.3. The van der Waals surface area contributed by atoms with E-state index in [2.05, 4.69) is 148 Å². The quantitative estimate of drug-likeness (QED) is 0.121. The zero-order chi connectivity index (χ0) is 35.3. The number of fused-ring (bicyclic) bond motifs is 2. The van der Waals surface area contributed by atoms with Gasteiger partial charge in [0.25, 0.3) is 0 Å². The predicted molar refractivity (Wildman–Crippen MR) is 222 cm³/mol. The molecule has 6 nitrogen and oxygen atoms in total. The van der Waals surface area contributed by atoms with Gasteiger partial charge in [-0.15, -0.1) is 11.6 Å². The minimum atomic E-state index is 0. The Hall–Kier alpha value is -1.95. The van der Waals surface area contributed by atoms with Crippen LogP contribution in [0.15, 0.2) is 118 Å². The van der Waals surface area contributed by atoms with Crippen LogP contribution in [0.3, 0.4) is 0 Å². The van der Waals surface area contributed by atoms with Gasteiger partial charge >= 0.3 is 29.6 Å². The molecule has 2 saturated heterocycles. The van der Waals surface area contributed by atoms with Crippen molar-refractivity contribution in [1.29, 1.82) is 0 Å². The number of hydrogen-bond donors (Lipinski definition) is 1. The van der Waals surface area contributed by atoms with Crippen molar-refractivity contribution in [3.05, 3.63) is 118 Å². The molecule has 270 valence electrons. The summed E-state index contributed by atoms with van der Waals surface area (Å²) in [5, 5.41) is 2.52. The number of rotatable bonds is 9. The normalized spacial score (nSPS) is 15.0. The van der Waals surface area contributed by atoms with Crippen LogP contribution in [0.25, 0.3) is 44.3 Å². The largest absolute Gasteiger partial charge is 1.00 e. The molecular formula is C42H48Br2ClN4NaO2. The number of alkyl halides is 1. The summed E-state index contributed by atoms with van der Waals surface area (Å²) in [6.45, 7) is 11.1. The molecule has 2 fully saturated rings. The number of H-pyrrole nitrogens is 1. The molecule has 2 aliphatic rings. The molecular weight excluding hydrogens is 811 g/mol. The second-order valence-corrected chi connectivity index (χ2v) is 15.0. The van der Waals surface area contributed by atoms with Gasteiger partial charge in [-0.2, -0.15) is 0 Å². The van der Waals surface area contributed by atoms with Gasteiger partial charge in [0.1, 0.15) is 0 Å². The molecule has 0 saturated carbocycles. The summed E-state index contributed by atoms with van der Waals surface area (Å²) >= 11 is 12.6. The molecule has 4 aromatic carbocycles. The number of ether oxygens (including phenoxy) is 2. The van der Waals surface area contributed by atoms with E-state index in [1.807, 2.05) is 12.1 Å². The summed E-state index contributed by atoms with van der Waals surface area (Å²) in [5.41, 5.74) is 7.44. The molecule has 52 heavy (non-hydrogen) atoms. The van der Waals surface area contributed by atoms with Crippen LogP contribution in [0, 0.1) is 0 Å². The number of hydrogen-bond acceptors (Lipinski definition) is 4. The van der Waals surface area contributed by atoms with Crippen molar-refractivity contribution in [3.63, 3.8) is 0 Å². The Bertz CT molecular complexity index is 1930. The topological polar surface area (TPSA) is 45.7 Å². The SMILES string of the molecule is Brc1ccc2[nH]c(-c3ccccc3)cc2c1.Brc1ccc2c(c1)cc(-c1ccccc1)n2CCCN1CCOCC1.ClCCCN1CCOCC1.[H-].[Na+]. The third-order valence-corrected chi connectivity index (χ3v) is 10.5. The molecule has 2 aliphatic heterocycles. The predicted octanol–water partition coefficient (Wildman–Crippen LogP) is 7.45. The van der Waals surface area contributed by atoms with Crippen molar-refractivity contribution >= 4 is 65.3 Å². The van der Waals surface area contributed by atoms with Crippen molar-refractivity contribution in [2.45, 2.75) is 19.4 Å². The number of halogens is 3. The zero-order valence-corrected chi connectivity index (χ0v) is 36.0. The summed E-state index contributed by atoms with van der Waals surface area (Å²) in [6, 6.07) is 38.4. The maximum absolute atomic E-state index is 5.56. The van der Waals surface area contributed by atoms with Gasteiger partial charge in [-0.05, 0) is 79.0 Å². The van der Waals surface area contributed by atoms with E-state index in [9.17, 15) is 0 Å². The van der Waals surface area contributed by atoms with Gasteiger partial charge in [-0.1, -0.05) is 92.5 Å². The maximum Gasteiger partial charge on any atom is 1.00 e. The molecule has 0 bridgehead atoms. The van der Waals surface area contributed by atoms with Crippen molar-refractivity contribution < 1.29 is 40.5 Å². The number of nitrogens with one attached hydrogen (secondary N) is 1. The van der Waals surface area contributed by atoms with Gasteiger partial charge in [0.05, 0.1) is 26.4 Å². The van der Waals surface area contributed by atoms with Crippen LogP contribution in [0.2, 0.25) is 0 Å². The Balaban J connectivity index is 0.000000193. The fourth-order valence-electron chi connectivity index (χ4n) is 6.59. The van der Waals surface area contributed by atoms with Gasteiger partial charge in [0.15, 0.2) is 0 Å². The van der Waals surface area contributed by atoms with E-state index in [4.69, 9.17) is 21.1 Å². The number of morpholine rings is 2. The molecule has 2 aromatic heterocycles. The average molecular weight is 859 g/mol.